The number of hydrogen-bond acceptors (Lipinski definition) is 6. The summed E-state index contributed by atoms with van der Waals surface area (Å²) in [5, 5.41) is 2.41. The van der Waals surface area contributed by atoms with Gasteiger partial charge in [0, 0.05) is 16.4 Å². The van der Waals surface area contributed by atoms with Crippen LogP contribution in [-0.2, 0) is 10.9 Å². The molecule has 2 aromatic rings. The SMILES string of the molecule is COC(=O)c1cc(NC(=O)c2nc(OC)c(C(F)(F)F)cc2Br)ccn1. The molecule has 0 aliphatic rings. The van der Waals surface area contributed by atoms with E-state index in [9.17, 15) is 22.8 Å². The molecular weight excluding hydrogens is 423 g/mol. The number of hydrogen-bond donors (Lipinski definition) is 1. The van der Waals surface area contributed by atoms with Crippen molar-refractivity contribution in [2.75, 3.05) is 19.5 Å². The summed E-state index contributed by atoms with van der Waals surface area (Å²) in [5.41, 5.74) is -1.33. The molecule has 2 rings (SSSR count). The highest BCUT2D eigenvalue weighted by atomic mass is 79.9. The van der Waals surface area contributed by atoms with Gasteiger partial charge in [-0.15, -0.1) is 0 Å². The number of esters is 1. The number of alkyl halides is 3. The van der Waals surface area contributed by atoms with Crippen LogP contribution in [0.4, 0.5) is 18.9 Å². The normalized spacial score (nSPS) is 11.0. The molecule has 7 nitrogen and oxygen atoms in total. The number of aromatic nitrogens is 2. The van der Waals surface area contributed by atoms with Crippen LogP contribution in [0.5, 0.6) is 5.88 Å². The molecule has 0 aromatic carbocycles. The van der Waals surface area contributed by atoms with E-state index in [1.807, 2.05) is 0 Å². The number of nitrogens with one attached hydrogen (secondary N) is 1. The maximum absolute atomic E-state index is 13.0. The molecule has 11 heteroatoms. The number of methoxy groups -OCH3 is 2. The van der Waals surface area contributed by atoms with Crippen LogP contribution in [0.2, 0.25) is 0 Å². The second-order valence-electron chi connectivity index (χ2n) is 4.75. The van der Waals surface area contributed by atoms with Gasteiger partial charge in [0.25, 0.3) is 5.91 Å². The Labute approximate surface area is 153 Å². The molecule has 0 radical (unpaired) electrons. The lowest BCUT2D eigenvalue weighted by atomic mass is 10.2. The smallest absolute Gasteiger partial charge is 0.421 e. The van der Waals surface area contributed by atoms with Gasteiger partial charge in [-0.2, -0.15) is 13.2 Å². The number of carbonyl (C=O) groups excluding carboxylic acids is 2. The Bertz CT molecular complexity index is 859. The standard InChI is InChI=1S/C15H11BrF3N3O4/c1-25-13-8(15(17,18)19)6-9(16)11(22-13)12(23)21-7-3-4-20-10(5-7)14(24)26-2/h3-6H,1-2H3,(H,20,21,23). The van der Waals surface area contributed by atoms with Gasteiger partial charge in [0.05, 0.1) is 14.2 Å². The van der Waals surface area contributed by atoms with Crippen LogP contribution >= 0.6 is 15.9 Å². The zero-order valence-corrected chi connectivity index (χ0v) is 14.9. The second-order valence-corrected chi connectivity index (χ2v) is 5.60. The third-order valence-electron chi connectivity index (χ3n) is 3.07. The third kappa shape index (κ3) is 4.28. The first kappa shape index (κ1) is 19.6. The van der Waals surface area contributed by atoms with E-state index in [-0.39, 0.29) is 21.5 Å². The molecule has 26 heavy (non-hydrogen) atoms. The van der Waals surface area contributed by atoms with Gasteiger partial charge in [0.2, 0.25) is 5.88 Å². The van der Waals surface area contributed by atoms with Crippen molar-refractivity contribution in [2.24, 2.45) is 0 Å². The minimum atomic E-state index is -4.70. The van der Waals surface area contributed by atoms with Crippen molar-refractivity contribution in [1.82, 2.24) is 9.97 Å². The van der Waals surface area contributed by atoms with Gasteiger partial charge in [-0.25, -0.2) is 14.8 Å². The quantitative estimate of drug-likeness (QED) is 0.743. The number of carbonyl (C=O) groups is 2. The fourth-order valence-electron chi connectivity index (χ4n) is 1.90. The predicted molar refractivity (Wildman–Crippen MR) is 87.0 cm³/mol. The molecule has 0 saturated carbocycles. The van der Waals surface area contributed by atoms with Crippen molar-refractivity contribution in [2.45, 2.75) is 6.18 Å². The van der Waals surface area contributed by atoms with Crippen molar-refractivity contribution in [3.8, 4) is 5.88 Å². The lowest BCUT2D eigenvalue weighted by Gasteiger charge is -2.14. The van der Waals surface area contributed by atoms with E-state index < -0.39 is 29.5 Å². The number of halogens is 4. The zero-order chi connectivity index (χ0) is 19.5. The van der Waals surface area contributed by atoms with Crippen molar-refractivity contribution < 1.29 is 32.2 Å². The van der Waals surface area contributed by atoms with Crippen molar-refractivity contribution in [3.63, 3.8) is 0 Å². The van der Waals surface area contributed by atoms with Crippen LogP contribution in [0.1, 0.15) is 26.5 Å². The fraction of sp³-hybridized carbons (Fsp3) is 0.200. The Morgan fingerprint density at radius 2 is 1.92 bits per heavy atom. The molecule has 0 unspecified atom stereocenters. The number of pyridine rings is 2. The number of anilines is 1. The molecule has 2 aromatic heterocycles. The lowest BCUT2D eigenvalue weighted by molar-refractivity contribution is -0.139. The molecule has 2 heterocycles. The summed E-state index contributed by atoms with van der Waals surface area (Å²) >= 11 is 2.90. The summed E-state index contributed by atoms with van der Waals surface area (Å²) in [6.07, 6.45) is -3.44. The van der Waals surface area contributed by atoms with E-state index in [1.54, 1.807) is 0 Å². The summed E-state index contributed by atoms with van der Waals surface area (Å²) in [4.78, 5) is 31.2. The van der Waals surface area contributed by atoms with Crippen LogP contribution in [-0.4, -0.2) is 36.1 Å². The van der Waals surface area contributed by atoms with Gasteiger partial charge in [-0.3, -0.25) is 4.79 Å². The molecule has 0 atom stereocenters. The summed E-state index contributed by atoms with van der Waals surface area (Å²) in [6.45, 7) is 0. The average Bonchev–Trinajstić information content (AvgIpc) is 2.60. The van der Waals surface area contributed by atoms with Crippen LogP contribution in [0, 0.1) is 0 Å². The van der Waals surface area contributed by atoms with Gasteiger partial charge in [0.1, 0.15) is 17.0 Å². The fourth-order valence-corrected chi connectivity index (χ4v) is 2.40. The monoisotopic (exact) mass is 433 g/mol. The Morgan fingerprint density at radius 1 is 1.23 bits per heavy atom. The Balaban J connectivity index is 2.34. The highest BCUT2D eigenvalue weighted by Crippen LogP contribution is 2.37. The highest BCUT2D eigenvalue weighted by Gasteiger charge is 2.36. The van der Waals surface area contributed by atoms with Gasteiger partial charge >= 0.3 is 12.1 Å². The van der Waals surface area contributed by atoms with E-state index in [4.69, 9.17) is 0 Å². The molecule has 1 N–H and O–H groups in total. The van der Waals surface area contributed by atoms with Crippen molar-refractivity contribution in [1.29, 1.82) is 0 Å². The number of nitrogens with zero attached hydrogens (tertiary/aromatic N) is 2. The maximum atomic E-state index is 13.0. The summed E-state index contributed by atoms with van der Waals surface area (Å²) in [6, 6.07) is 3.34. The summed E-state index contributed by atoms with van der Waals surface area (Å²) in [5.74, 6) is -2.27. The first-order chi connectivity index (χ1) is 12.2. The van der Waals surface area contributed by atoms with Crippen molar-refractivity contribution in [3.05, 3.63) is 45.8 Å². The molecule has 1 amide bonds. The lowest BCUT2D eigenvalue weighted by Crippen LogP contribution is -2.18. The molecule has 138 valence electrons. The number of rotatable bonds is 4. The van der Waals surface area contributed by atoms with Crippen LogP contribution in [0.25, 0.3) is 0 Å². The largest absolute Gasteiger partial charge is 0.481 e. The van der Waals surface area contributed by atoms with Crippen LogP contribution in [0.15, 0.2) is 28.9 Å². The number of ether oxygens (including phenoxy) is 2. The first-order valence-corrected chi connectivity index (χ1v) is 7.64. The Kier molecular flexibility index (Phi) is 5.80. The predicted octanol–water partition coefficient (Wildman–Crippen LogP) is 3.31. The van der Waals surface area contributed by atoms with E-state index in [0.717, 1.165) is 7.11 Å². The average molecular weight is 434 g/mol. The van der Waals surface area contributed by atoms with E-state index >= 15 is 0 Å². The van der Waals surface area contributed by atoms with E-state index in [1.165, 1.54) is 25.4 Å². The molecule has 0 fully saturated rings. The second kappa shape index (κ2) is 7.68. The van der Waals surface area contributed by atoms with Gasteiger partial charge < -0.3 is 14.8 Å². The van der Waals surface area contributed by atoms with Gasteiger partial charge in [0.15, 0.2) is 0 Å². The topological polar surface area (TPSA) is 90.4 Å². The zero-order valence-electron chi connectivity index (χ0n) is 13.3. The molecule has 0 saturated heterocycles. The summed E-state index contributed by atoms with van der Waals surface area (Å²) in [7, 11) is 2.18. The molecule has 0 spiro atoms. The van der Waals surface area contributed by atoms with Gasteiger partial charge in [-0.05, 0) is 34.1 Å². The Morgan fingerprint density at radius 3 is 2.50 bits per heavy atom. The minimum Gasteiger partial charge on any atom is -0.481 e. The maximum Gasteiger partial charge on any atom is 0.421 e. The van der Waals surface area contributed by atoms with E-state index in [2.05, 4.69) is 40.7 Å². The summed E-state index contributed by atoms with van der Waals surface area (Å²) < 4.78 is 47.8. The Hall–Kier alpha value is -2.69. The van der Waals surface area contributed by atoms with E-state index in [0.29, 0.717) is 6.07 Å². The molecular formula is C15H11BrF3N3O4. The molecule has 0 aliphatic carbocycles. The first-order valence-electron chi connectivity index (χ1n) is 6.84. The molecule has 0 aliphatic heterocycles. The minimum absolute atomic E-state index is 0.0534. The van der Waals surface area contributed by atoms with Crippen LogP contribution in [0.3, 0.4) is 0 Å². The molecule has 0 bridgehead atoms. The third-order valence-corrected chi connectivity index (χ3v) is 3.67. The van der Waals surface area contributed by atoms with Crippen LogP contribution < -0.4 is 10.1 Å². The van der Waals surface area contributed by atoms with Crippen molar-refractivity contribution >= 4 is 33.5 Å². The highest BCUT2D eigenvalue weighted by molar-refractivity contribution is 9.10. The van der Waals surface area contributed by atoms with Gasteiger partial charge in [-0.1, -0.05) is 0 Å². The number of amides is 1.